The van der Waals surface area contributed by atoms with Gasteiger partial charge in [0.25, 0.3) is 0 Å². The van der Waals surface area contributed by atoms with Crippen molar-refractivity contribution in [2.45, 2.75) is 6.18 Å². The maximum absolute atomic E-state index is 12.8. The summed E-state index contributed by atoms with van der Waals surface area (Å²) in [6.45, 7) is 0. The Morgan fingerprint density at radius 3 is 2.50 bits per heavy atom. The van der Waals surface area contributed by atoms with Gasteiger partial charge in [0.2, 0.25) is 0 Å². The average molecular weight is 275 g/mol. The molecule has 0 aliphatic heterocycles. The number of hydrogen-bond acceptors (Lipinski definition) is 2. The Kier molecular flexibility index (Phi) is 3.13. The van der Waals surface area contributed by atoms with Gasteiger partial charge >= 0.3 is 6.18 Å². The van der Waals surface area contributed by atoms with Gasteiger partial charge in [-0.2, -0.15) is 18.3 Å². The molecule has 3 nitrogen and oxygen atoms in total. The summed E-state index contributed by atoms with van der Waals surface area (Å²) in [4.78, 5) is 10.6. The molecule has 0 saturated heterocycles. The number of carbonyl (C=O) groups is 1. The largest absolute Gasteiger partial charge is 0.418 e. The van der Waals surface area contributed by atoms with Crippen LogP contribution in [-0.2, 0) is 6.18 Å². The van der Waals surface area contributed by atoms with Crippen LogP contribution < -0.4 is 0 Å². The maximum atomic E-state index is 12.8. The lowest BCUT2D eigenvalue weighted by molar-refractivity contribution is -0.137. The van der Waals surface area contributed by atoms with Crippen molar-refractivity contribution in [3.63, 3.8) is 0 Å². The second-order valence-corrected chi connectivity index (χ2v) is 3.79. The van der Waals surface area contributed by atoms with Crippen molar-refractivity contribution in [1.82, 2.24) is 9.78 Å². The van der Waals surface area contributed by atoms with Crippen LogP contribution >= 0.6 is 11.6 Å². The van der Waals surface area contributed by atoms with E-state index in [1.165, 1.54) is 18.2 Å². The Balaban J connectivity index is 2.64. The zero-order valence-electron chi connectivity index (χ0n) is 8.78. The highest BCUT2D eigenvalue weighted by molar-refractivity contribution is 6.32. The van der Waals surface area contributed by atoms with Gasteiger partial charge in [0.05, 0.1) is 23.0 Å². The van der Waals surface area contributed by atoms with E-state index in [4.69, 9.17) is 11.6 Å². The van der Waals surface area contributed by atoms with Crippen molar-refractivity contribution in [1.29, 1.82) is 0 Å². The molecule has 2 aromatic rings. The van der Waals surface area contributed by atoms with Gasteiger partial charge in [-0.25, -0.2) is 4.68 Å². The number of halogens is 4. The van der Waals surface area contributed by atoms with E-state index >= 15 is 0 Å². The lowest BCUT2D eigenvalue weighted by Gasteiger charge is -2.12. The first-order valence-electron chi connectivity index (χ1n) is 4.80. The number of nitrogens with zero attached hydrogens (tertiary/aromatic N) is 2. The number of aldehydes is 1. The number of benzene rings is 1. The Bertz CT molecular complexity index is 592. The molecule has 0 unspecified atom stereocenters. The Labute approximate surface area is 105 Å². The molecule has 0 amide bonds. The number of hydrogen-bond donors (Lipinski definition) is 0. The van der Waals surface area contributed by atoms with E-state index in [0.717, 1.165) is 16.9 Å². The lowest BCUT2D eigenvalue weighted by Crippen LogP contribution is -2.11. The number of rotatable bonds is 2. The molecule has 0 aliphatic carbocycles. The molecular formula is C11H6ClF3N2O. The van der Waals surface area contributed by atoms with Crippen LogP contribution in [0.2, 0.25) is 5.15 Å². The fourth-order valence-corrected chi connectivity index (χ4v) is 1.72. The van der Waals surface area contributed by atoms with E-state index in [2.05, 4.69) is 5.10 Å². The molecule has 0 fully saturated rings. The maximum Gasteiger partial charge on any atom is 0.418 e. The number of para-hydroxylation sites is 1. The van der Waals surface area contributed by atoms with Crippen LogP contribution in [0, 0.1) is 0 Å². The summed E-state index contributed by atoms with van der Waals surface area (Å²) < 4.78 is 39.3. The quantitative estimate of drug-likeness (QED) is 0.787. The SMILES string of the molecule is O=Cc1cnn(-c2ccccc2C(F)(F)F)c1Cl. The third-order valence-electron chi connectivity index (χ3n) is 2.30. The first-order valence-corrected chi connectivity index (χ1v) is 5.18. The minimum absolute atomic E-state index is 0.0358. The minimum atomic E-state index is -4.52. The second kappa shape index (κ2) is 4.45. The van der Waals surface area contributed by atoms with Gasteiger partial charge in [-0.3, -0.25) is 4.79 Å². The van der Waals surface area contributed by atoms with E-state index < -0.39 is 11.7 Å². The van der Waals surface area contributed by atoms with Gasteiger partial charge in [0.1, 0.15) is 5.15 Å². The summed E-state index contributed by atoms with van der Waals surface area (Å²) in [6, 6.07) is 4.86. The first kappa shape index (κ1) is 12.6. The van der Waals surface area contributed by atoms with Crippen molar-refractivity contribution in [2.24, 2.45) is 0 Å². The molecule has 2 rings (SSSR count). The van der Waals surface area contributed by atoms with Gasteiger partial charge in [-0.1, -0.05) is 23.7 Å². The van der Waals surface area contributed by atoms with E-state index in [1.54, 1.807) is 0 Å². The zero-order valence-corrected chi connectivity index (χ0v) is 9.53. The molecular weight excluding hydrogens is 269 g/mol. The Morgan fingerprint density at radius 2 is 1.94 bits per heavy atom. The number of alkyl halides is 3. The predicted molar refractivity (Wildman–Crippen MR) is 59.0 cm³/mol. The zero-order chi connectivity index (χ0) is 13.3. The molecule has 94 valence electrons. The average Bonchev–Trinajstić information content (AvgIpc) is 2.69. The fourth-order valence-electron chi connectivity index (χ4n) is 1.49. The number of carbonyl (C=O) groups excluding carboxylic acids is 1. The number of aromatic nitrogens is 2. The van der Waals surface area contributed by atoms with Crippen LogP contribution in [0.1, 0.15) is 15.9 Å². The van der Waals surface area contributed by atoms with Crippen molar-refractivity contribution in [3.05, 3.63) is 46.7 Å². The smallest absolute Gasteiger partial charge is 0.298 e. The van der Waals surface area contributed by atoms with Crippen molar-refractivity contribution in [3.8, 4) is 5.69 Å². The second-order valence-electron chi connectivity index (χ2n) is 3.44. The third kappa shape index (κ3) is 2.11. The van der Waals surface area contributed by atoms with Crippen LogP contribution in [0.25, 0.3) is 5.69 Å². The molecule has 0 spiro atoms. The van der Waals surface area contributed by atoms with Gasteiger partial charge in [-0.05, 0) is 12.1 Å². The molecule has 0 bridgehead atoms. The predicted octanol–water partition coefficient (Wildman–Crippen LogP) is 3.36. The van der Waals surface area contributed by atoms with Crippen molar-refractivity contribution in [2.75, 3.05) is 0 Å². The molecule has 1 heterocycles. The molecule has 1 aromatic carbocycles. The lowest BCUT2D eigenvalue weighted by atomic mass is 10.1. The van der Waals surface area contributed by atoms with Gasteiger partial charge in [0.15, 0.2) is 6.29 Å². The molecule has 0 aliphatic rings. The van der Waals surface area contributed by atoms with Gasteiger partial charge in [0, 0.05) is 0 Å². The monoisotopic (exact) mass is 274 g/mol. The highest BCUT2D eigenvalue weighted by Crippen LogP contribution is 2.34. The van der Waals surface area contributed by atoms with Crippen molar-refractivity contribution >= 4 is 17.9 Å². The normalized spacial score (nSPS) is 11.6. The highest BCUT2D eigenvalue weighted by Gasteiger charge is 2.34. The van der Waals surface area contributed by atoms with Crippen LogP contribution in [0.3, 0.4) is 0 Å². The van der Waals surface area contributed by atoms with Crippen LogP contribution in [-0.4, -0.2) is 16.1 Å². The molecule has 18 heavy (non-hydrogen) atoms. The summed E-state index contributed by atoms with van der Waals surface area (Å²) in [5.41, 5.74) is -1.05. The topological polar surface area (TPSA) is 34.9 Å². The summed E-state index contributed by atoms with van der Waals surface area (Å²) in [5, 5.41) is 3.53. The Morgan fingerprint density at radius 1 is 1.28 bits per heavy atom. The van der Waals surface area contributed by atoms with Crippen LogP contribution in [0.15, 0.2) is 30.5 Å². The molecule has 0 atom stereocenters. The summed E-state index contributed by atoms with van der Waals surface area (Å²) in [7, 11) is 0. The summed E-state index contributed by atoms with van der Waals surface area (Å²) >= 11 is 5.78. The molecule has 0 radical (unpaired) electrons. The summed E-state index contributed by atoms with van der Waals surface area (Å²) in [6.07, 6.45) is -2.97. The molecule has 7 heteroatoms. The van der Waals surface area contributed by atoms with E-state index in [-0.39, 0.29) is 16.4 Å². The van der Waals surface area contributed by atoms with E-state index in [1.807, 2.05) is 0 Å². The molecule has 0 N–H and O–H groups in total. The van der Waals surface area contributed by atoms with Crippen LogP contribution in [0.4, 0.5) is 13.2 Å². The molecule has 1 aromatic heterocycles. The standard InChI is InChI=1S/C11H6ClF3N2O/c12-10-7(6-18)5-16-17(10)9-4-2-1-3-8(9)11(13,14)15/h1-6H. The van der Waals surface area contributed by atoms with Gasteiger partial charge < -0.3 is 0 Å². The van der Waals surface area contributed by atoms with Gasteiger partial charge in [-0.15, -0.1) is 0 Å². The highest BCUT2D eigenvalue weighted by atomic mass is 35.5. The van der Waals surface area contributed by atoms with E-state index in [9.17, 15) is 18.0 Å². The Hall–Kier alpha value is -1.82. The first-order chi connectivity index (χ1) is 8.45. The van der Waals surface area contributed by atoms with Crippen LogP contribution in [0.5, 0.6) is 0 Å². The fraction of sp³-hybridized carbons (Fsp3) is 0.0909. The van der Waals surface area contributed by atoms with E-state index in [0.29, 0.717) is 6.29 Å². The third-order valence-corrected chi connectivity index (χ3v) is 2.68. The van der Waals surface area contributed by atoms with Crippen molar-refractivity contribution < 1.29 is 18.0 Å². The molecule has 0 saturated carbocycles. The summed E-state index contributed by atoms with van der Waals surface area (Å²) in [5.74, 6) is 0. The minimum Gasteiger partial charge on any atom is -0.298 e.